The number of hydrogen-bond donors (Lipinski definition) is 1. The zero-order chi connectivity index (χ0) is 20.4. The maximum atomic E-state index is 14.0. The number of ether oxygens (including phenoxy) is 1. The molecule has 0 radical (unpaired) electrons. The van der Waals surface area contributed by atoms with Crippen LogP contribution < -0.4 is 15.6 Å². The lowest BCUT2D eigenvalue weighted by Gasteiger charge is -2.16. The molecule has 0 aliphatic carbocycles. The van der Waals surface area contributed by atoms with E-state index >= 15 is 0 Å². The van der Waals surface area contributed by atoms with E-state index in [0.29, 0.717) is 11.6 Å². The van der Waals surface area contributed by atoms with Gasteiger partial charge in [-0.2, -0.15) is 9.37 Å². The molecular formula is C19H15F4N3O2. The molecule has 0 unspecified atom stereocenters. The van der Waals surface area contributed by atoms with E-state index in [0.717, 1.165) is 29.0 Å². The fourth-order valence-corrected chi connectivity index (χ4v) is 2.65. The summed E-state index contributed by atoms with van der Waals surface area (Å²) in [6.07, 6.45) is 0.857. The van der Waals surface area contributed by atoms with E-state index in [-0.39, 0.29) is 29.5 Å². The molecule has 2 aromatic carbocycles. The molecule has 28 heavy (non-hydrogen) atoms. The van der Waals surface area contributed by atoms with Crippen LogP contribution in [0.1, 0.15) is 11.1 Å². The highest BCUT2D eigenvalue weighted by Crippen LogP contribution is 2.27. The van der Waals surface area contributed by atoms with Crippen molar-refractivity contribution >= 4 is 11.6 Å². The Balaban J connectivity index is 2.02. The van der Waals surface area contributed by atoms with Crippen LogP contribution in [0, 0.1) is 30.2 Å². The Morgan fingerprint density at radius 2 is 1.71 bits per heavy atom. The summed E-state index contributed by atoms with van der Waals surface area (Å²) in [6.45, 7) is 1.48. The van der Waals surface area contributed by atoms with Crippen LogP contribution in [0.2, 0.25) is 0 Å². The van der Waals surface area contributed by atoms with Crippen molar-refractivity contribution in [3.63, 3.8) is 0 Å². The van der Waals surface area contributed by atoms with Gasteiger partial charge in [0.1, 0.15) is 11.6 Å². The molecule has 146 valence electrons. The molecule has 1 heterocycles. The van der Waals surface area contributed by atoms with E-state index in [2.05, 4.69) is 10.3 Å². The highest BCUT2D eigenvalue weighted by atomic mass is 19.1. The number of nitrogens with zero attached hydrogens (tertiary/aromatic N) is 2. The SMILES string of the molecule is COc1cc(C)c(Nc2nc(=O)c(F)cn2Cc2cc(F)cc(F)c2)cc1F. The van der Waals surface area contributed by atoms with Crippen LogP contribution in [0.3, 0.4) is 0 Å². The summed E-state index contributed by atoms with van der Waals surface area (Å²) >= 11 is 0. The number of aromatic nitrogens is 2. The Hall–Kier alpha value is -3.36. The molecule has 5 nitrogen and oxygen atoms in total. The van der Waals surface area contributed by atoms with Gasteiger partial charge in [0.25, 0.3) is 0 Å². The molecule has 9 heteroatoms. The lowest BCUT2D eigenvalue weighted by molar-refractivity contribution is 0.386. The number of methoxy groups -OCH3 is 1. The number of benzene rings is 2. The Kier molecular flexibility index (Phi) is 5.34. The molecule has 0 saturated carbocycles. The van der Waals surface area contributed by atoms with Gasteiger partial charge in [-0.1, -0.05) is 0 Å². The first-order chi connectivity index (χ1) is 13.3. The van der Waals surface area contributed by atoms with E-state index in [1.807, 2.05) is 0 Å². The Bertz CT molecular complexity index is 1080. The molecule has 0 aliphatic rings. The summed E-state index contributed by atoms with van der Waals surface area (Å²) in [5, 5.41) is 2.75. The van der Waals surface area contributed by atoms with Gasteiger partial charge in [0.05, 0.1) is 13.7 Å². The van der Waals surface area contributed by atoms with Crippen LogP contribution in [-0.2, 0) is 6.54 Å². The highest BCUT2D eigenvalue weighted by Gasteiger charge is 2.13. The summed E-state index contributed by atoms with van der Waals surface area (Å²) in [6, 6.07) is 5.42. The van der Waals surface area contributed by atoms with Gasteiger partial charge < -0.3 is 14.6 Å². The lowest BCUT2D eigenvalue weighted by Crippen LogP contribution is -2.20. The van der Waals surface area contributed by atoms with E-state index in [1.165, 1.54) is 13.2 Å². The zero-order valence-electron chi connectivity index (χ0n) is 14.9. The second kappa shape index (κ2) is 7.71. The van der Waals surface area contributed by atoms with Crippen molar-refractivity contribution in [3.05, 3.63) is 81.3 Å². The van der Waals surface area contributed by atoms with E-state index in [9.17, 15) is 22.4 Å². The summed E-state index contributed by atoms with van der Waals surface area (Å²) in [5.74, 6) is -3.48. The van der Waals surface area contributed by atoms with Crippen LogP contribution in [-0.4, -0.2) is 16.7 Å². The number of rotatable bonds is 5. The van der Waals surface area contributed by atoms with Crippen molar-refractivity contribution < 1.29 is 22.3 Å². The van der Waals surface area contributed by atoms with Gasteiger partial charge in [-0.3, -0.25) is 4.79 Å². The molecular weight excluding hydrogens is 378 g/mol. The molecule has 1 aromatic heterocycles. The third kappa shape index (κ3) is 4.13. The quantitative estimate of drug-likeness (QED) is 0.668. The van der Waals surface area contributed by atoms with Gasteiger partial charge in [-0.25, -0.2) is 13.2 Å². The van der Waals surface area contributed by atoms with Crippen molar-refractivity contribution in [2.45, 2.75) is 13.5 Å². The van der Waals surface area contributed by atoms with Crippen LogP contribution in [0.4, 0.5) is 29.2 Å². The fraction of sp³-hybridized carbons (Fsp3) is 0.158. The molecule has 3 rings (SSSR count). The third-order valence-electron chi connectivity index (χ3n) is 3.97. The lowest BCUT2D eigenvalue weighted by atomic mass is 10.2. The minimum Gasteiger partial charge on any atom is -0.494 e. The summed E-state index contributed by atoms with van der Waals surface area (Å²) in [5.41, 5.74) is -0.116. The van der Waals surface area contributed by atoms with Crippen molar-refractivity contribution in [1.29, 1.82) is 0 Å². The molecule has 0 amide bonds. The van der Waals surface area contributed by atoms with Gasteiger partial charge in [-0.05, 0) is 36.2 Å². The Morgan fingerprint density at radius 3 is 2.36 bits per heavy atom. The van der Waals surface area contributed by atoms with Gasteiger partial charge in [0.2, 0.25) is 11.8 Å². The monoisotopic (exact) mass is 393 g/mol. The summed E-state index contributed by atoms with van der Waals surface area (Å²) < 4.78 is 60.7. The second-order valence-corrected chi connectivity index (χ2v) is 6.05. The normalized spacial score (nSPS) is 10.8. The second-order valence-electron chi connectivity index (χ2n) is 6.05. The molecule has 3 aromatic rings. The number of halogens is 4. The van der Waals surface area contributed by atoms with Crippen molar-refractivity contribution in [3.8, 4) is 5.75 Å². The van der Waals surface area contributed by atoms with E-state index in [4.69, 9.17) is 4.74 Å². The maximum absolute atomic E-state index is 14.0. The van der Waals surface area contributed by atoms with Crippen LogP contribution in [0.25, 0.3) is 0 Å². The molecule has 1 N–H and O–H groups in total. The van der Waals surface area contributed by atoms with E-state index in [1.54, 1.807) is 6.92 Å². The molecule has 0 bridgehead atoms. The topological polar surface area (TPSA) is 56.1 Å². The highest BCUT2D eigenvalue weighted by molar-refractivity contribution is 5.60. The largest absolute Gasteiger partial charge is 0.494 e. The first-order valence-corrected chi connectivity index (χ1v) is 8.10. The first kappa shape index (κ1) is 19.4. The average Bonchev–Trinajstić information content (AvgIpc) is 2.61. The number of anilines is 2. The summed E-state index contributed by atoms with van der Waals surface area (Å²) in [4.78, 5) is 15.2. The van der Waals surface area contributed by atoms with Crippen molar-refractivity contribution in [1.82, 2.24) is 9.55 Å². The van der Waals surface area contributed by atoms with E-state index < -0.39 is 28.8 Å². The van der Waals surface area contributed by atoms with Crippen LogP contribution in [0.5, 0.6) is 5.75 Å². The average molecular weight is 393 g/mol. The number of aryl methyl sites for hydroxylation is 1. The van der Waals surface area contributed by atoms with Gasteiger partial charge >= 0.3 is 5.56 Å². The van der Waals surface area contributed by atoms with Gasteiger partial charge in [0.15, 0.2) is 11.6 Å². The third-order valence-corrected chi connectivity index (χ3v) is 3.97. The standard InChI is InChI=1S/C19H15F4N3O2/c1-10-3-17(28-2)14(22)7-16(10)24-19-25-18(27)15(23)9-26(19)8-11-4-12(20)6-13(21)5-11/h3-7,9H,8H2,1-2H3,(H,24,25,27). The first-order valence-electron chi connectivity index (χ1n) is 8.10. The predicted molar refractivity (Wildman–Crippen MR) is 94.9 cm³/mol. The Labute approximate surface area is 157 Å². The van der Waals surface area contributed by atoms with Crippen molar-refractivity contribution in [2.24, 2.45) is 0 Å². The minimum atomic E-state index is -1.14. The van der Waals surface area contributed by atoms with Crippen LogP contribution >= 0.6 is 0 Å². The number of hydrogen-bond acceptors (Lipinski definition) is 4. The Morgan fingerprint density at radius 1 is 1.04 bits per heavy atom. The van der Waals surface area contributed by atoms with Gasteiger partial charge in [-0.15, -0.1) is 0 Å². The maximum Gasteiger partial charge on any atom is 0.310 e. The zero-order valence-corrected chi connectivity index (χ0v) is 14.9. The molecule has 0 atom stereocenters. The van der Waals surface area contributed by atoms with Crippen molar-refractivity contribution in [2.75, 3.05) is 12.4 Å². The number of nitrogens with one attached hydrogen (secondary N) is 1. The molecule has 0 saturated heterocycles. The molecule has 0 fully saturated rings. The van der Waals surface area contributed by atoms with Gasteiger partial charge in [0, 0.05) is 24.0 Å². The smallest absolute Gasteiger partial charge is 0.310 e. The minimum absolute atomic E-state index is 0.0303. The predicted octanol–water partition coefficient (Wildman–Crippen LogP) is 3.91. The summed E-state index contributed by atoms with van der Waals surface area (Å²) in [7, 11) is 1.32. The van der Waals surface area contributed by atoms with Crippen LogP contribution in [0.15, 0.2) is 41.3 Å². The molecule has 0 spiro atoms. The molecule has 0 aliphatic heterocycles. The fourth-order valence-electron chi connectivity index (χ4n) is 2.65.